The first kappa shape index (κ1) is 28.5. The third kappa shape index (κ3) is 7.30. The molecule has 206 valence electrons. The molecule has 0 saturated carbocycles. The van der Waals surface area contributed by atoms with Crippen LogP contribution in [0.5, 0.6) is 11.5 Å². The second-order valence-electron chi connectivity index (χ2n) is 9.92. The van der Waals surface area contributed by atoms with E-state index in [-0.39, 0.29) is 0 Å². The third-order valence-electron chi connectivity index (χ3n) is 5.76. The lowest BCUT2D eigenvalue weighted by Gasteiger charge is -2.36. The predicted molar refractivity (Wildman–Crippen MR) is 155 cm³/mol. The molecule has 0 saturated heterocycles. The molecule has 0 radical (unpaired) electrons. The van der Waals surface area contributed by atoms with Crippen molar-refractivity contribution < 1.29 is 23.2 Å². The van der Waals surface area contributed by atoms with Gasteiger partial charge >= 0.3 is 13.6 Å². The molecule has 0 aromatic heterocycles. The smallest absolute Gasteiger partial charge is 0.414 e. The maximum absolute atomic E-state index is 14.7. The first-order valence-corrected chi connectivity index (χ1v) is 14.4. The molecule has 1 unspecified atom stereocenters. The minimum absolute atomic E-state index is 0.306. The first-order chi connectivity index (χ1) is 19.2. The van der Waals surface area contributed by atoms with E-state index in [0.29, 0.717) is 22.6 Å². The average molecular weight is 558 g/mol. The van der Waals surface area contributed by atoms with Gasteiger partial charge in [-0.05, 0) is 62.7 Å². The van der Waals surface area contributed by atoms with Crippen molar-refractivity contribution in [3.05, 3.63) is 132 Å². The van der Waals surface area contributed by atoms with Crippen LogP contribution in [0.3, 0.4) is 0 Å². The van der Waals surface area contributed by atoms with Gasteiger partial charge in [-0.15, -0.1) is 0 Å². The summed E-state index contributed by atoms with van der Waals surface area (Å²) < 4.78 is 26.7. The number of amides is 3. The summed E-state index contributed by atoms with van der Waals surface area (Å²) in [7, 11) is -4.19. The molecule has 0 aliphatic carbocycles. The maximum atomic E-state index is 14.7. The van der Waals surface area contributed by atoms with Gasteiger partial charge in [0.1, 0.15) is 11.5 Å². The van der Waals surface area contributed by atoms with Gasteiger partial charge in [0.05, 0.1) is 5.54 Å². The van der Waals surface area contributed by atoms with E-state index in [4.69, 9.17) is 9.05 Å². The second kappa shape index (κ2) is 12.5. The van der Waals surface area contributed by atoms with Crippen LogP contribution in [0.2, 0.25) is 0 Å². The molecule has 0 aliphatic rings. The van der Waals surface area contributed by atoms with Crippen molar-refractivity contribution in [2.45, 2.75) is 32.1 Å². The van der Waals surface area contributed by atoms with Gasteiger partial charge in [0.25, 0.3) is 5.91 Å². The largest absolute Gasteiger partial charge is 0.457 e. The van der Waals surface area contributed by atoms with E-state index in [2.05, 4.69) is 10.7 Å². The number of rotatable bonds is 8. The minimum Gasteiger partial charge on any atom is -0.414 e. The predicted octanol–water partition coefficient (Wildman–Crippen LogP) is 7.19. The summed E-state index contributed by atoms with van der Waals surface area (Å²) >= 11 is 0. The Morgan fingerprint density at radius 1 is 0.700 bits per heavy atom. The van der Waals surface area contributed by atoms with Gasteiger partial charge in [0.2, 0.25) is 0 Å². The zero-order valence-electron chi connectivity index (χ0n) is 22.6. The molecule has 0 aliphatic heterocycles. The number of hydrogen-bond acceptors (Lipinski definition) is 5. The number of benzene rings is 4. The number of hydrazine groups is 1. The summed E-state index contributed by atoms with van der Waals surface area (Å²) in [6.45, 7) is 5.39. The van der Waals surface area contributed by atoms with Crippen LogP contribution in [0.15, 0.2) is 121 Å². The van der Waals surface area contributed by atoms with E-state index in [1.165, 1.54) is 5.01 Å². The molecule has 4 aromatic rings. The lowest BCUT2D eigenvalue weighted by atomic mass is 10.1. The quantitative estimate of drug-likeness (QED) is 0.177. The SMILES string of the molecule is CC(C)(C)N(NC(=O)NC(c1ccccc1)P(=O)(Oc1ccccc1)Oc1ccccc1)C(=O)c1ccccc1. The Bertz CT molecular complexity index is 1400. The summed E-state index contributed by atoms with van der Waals surface area (Å²) in [5.41, 5.74) is 2.77. The van der Waals surface area contributed by atoms with Crippen LogP contribution < -0.4 is 19.8 Å². The Morgan fingerprint density at radius 2 is 1.12 bits per heavy atom. The van der Waals surface area contributed by atoms with Crippen LogP contribution in [0.4, 0.5) is 4.79 Å². The minimum atomic E-state index is -4.19. The molecule has 9 heteroatoms. The molecular weight excluding hydrogens is 525 g/mol. The first-order valence-electron chi connectivity index (χ1n) is 12.8. The molecular formula is C31H32N3O5P. The highest BCUT2D eigenvalue weighted by Crippen LogP contribution is 2.58. The van der Waals surface area contributed by atoms with Crippen molar-refractivity contribution in [3.63, 3.8) is 0 Å². The second-order valence-corrected chi connectivity index (χ2v) is 11.9. The van der Waals surface area contributed by atoms with Crippen LogP contribution in [0, 0.1) is 0 Å². The molecule has 0 spiro atoms. The maximum Gasteiger partial charge on any atom is 0.457 e. The Balaban J connectivity index is 1.69. The molecule has 0 fully saturated rings. The Kier molecular flexibility index (Phi) is 8.92. The molecule has 2 N–H and O–H groups in total. The van der Waals surface area contributed by atoms with Crippen molar-refractivity contribution in [2.24, 2.45) is 0 Å². The van der Waals surface area contributed by atoms with E-state index in [9.17, 15) is 14.2 Å². The fourth-order valence-corrected chi connectivity index (χ4v) is 5.74. The third-order valence-corrected chi connectivity index (χ3v) is 7.75. The van der Waals surface area contributed by atoms with Crippen LogP contribution in [0.1, 0.15) is 42.5 Å². The zero-order valence-corrected chi connectivity index (χ0v) is 23.5. The van der Waals surface area contributed by atoms with E-state index in [1.807, 2.05) is 6.07 Å². The van der Waals surface area contributed by atoms with E-state index >= 15 is 0 Å². The Morgan fingerprint density at radius 3 is 1.57 bits per heavy atom. The summed E-state index contributed by atoms with van der Waals surface area (Å²) in [4.78, 5) is 26.9. The lowest BCUT2D eigenvalue weighted by molar-refractivity contribution is 0.0449. The van der Waals surface area contributed by atoms with Gasteiger partial charge in [-0.2, -0.15) is 0 Å². The van der Waals surface area contributed by atoms with Crippen molar-refractivity contribution in [2.75, 3.05) is 0 Å². The van der Waals surface area contributed by atoms with Crippen molar-refractivity contribution in [1.82, 2.24) is 15.8 Å². The number of carbonyl (C=O) groups is 2. The molecule has 0 heterocycles. The Hall–Kier alpha value is -4.55. The number of nitrogens with zero attached hydrogens (tertiary/aromatic N) is 1. The summed E-state index contributed by atoms with van der Waals surface area (Å²) in [5, 5.41) is 4.00. The highest BCUT2D eigenvalue weighted by atomic mass is 31.2. The molecule has 40 heavy (non-hydrogen) atoms. The van der Waals surface area contributed by atoms with Crippen LogP contribution in [0.25, 0.3) is 0 Å². The summed E-state index contributed by atoms with van der Waals surface area (Å²) in [6, 6.07) is 33.9. The number of carbonyl (C=O) groups excluding carboxylic acids is 2. The van der Waals surface area contributed by atoms with Gasteiger partial charge in [0.15, 0.2) is 5.78 Å². The fraction of sp³-hybridized carbons (Fsp3) is 0.161. The molecule has 0 bridgehead atoms. The van der Waals surface area contributed by atoms with E-state index in [1.54, 1.807) is 136 Å². The van der Waals surface area contributed by atoms with Crippen molar-refractivity contribution in [1.29, 1.82) is 0 Å². The van der Waals surface area contributed by atoms with Gasteiger partial charge < -0.3 is 14.4 Å². The monoisotopic (exact) mass is 557 g/mol. The van der Waals surface area contributed by atoms with Crippen LogP contribution >= 0.6 is 7.60 Å². The van der Waals surface area contributed by atoms with E-state index < -0.39 is 30.9 Å². The molecule has 4 rings (SSSR count). The number of hydrogen-bond donors (Lipinski definition) is 2. The van der Waals surface area contributed by atoms with Gasteiger partial charge in [-0.1, -0.05) is 84.9 Å². The van der Waals surface area contributed by atoms with E-state index in [0.717, 1.165) is 0 Å². The molecule has 1 atom stereocenters. The highest BCUT2D eigenvalue weighted by Gasteiger charge is 2.42. The average Bonchev–Trinajstić information content (AvgIpc) is 2.95. The van der Waals surface area contributed by atoms with Gasteiger partial charge in [-0.3, -0.25) is 4.79 Å². The number of urea groups is 1. The van der Waals surface area contributed by atoms with Crippen LogP contribution in [-0.2, 0) is 4.57 Å². The zero-order chi connectivity index (χ0) is 28.6. The van der Waals surface area contributed by atoms with Crippen molar-refractivity contribution in [3.8, 4) is 11.5 Å². The fourth-order valence-electron chi connectivity index (χ4n) is 3.85. The topological polar surface area (TPSA) is 97.0 Å². The molecule has 3 amide bonds. The Labute approximate surface area is 234 Å². The summed E-state index contributed by atoms with van der Waals surface area (Å²) in [5.74, 6) is -1.02. The van der Waals surface area contributed by atoms with Crippen LogP contribution in [-0.4, -0.2) is 22.5 Å². The highest BCUT2D eigenvalue weighted by molar-refractivity contribution is 7.55. The van der Waals surface area contributed by atoms with Gasteiger partial charge in [-0.25, -0.2) is 19.8 Å². The van der Waals surface area contributed by atoms with Gasteiger partial charge in [0, 0.05) is 5.56 Å². The molecule has 8 nitrogen and oxygen atoms in total. The number of nitrogens with one attached hydrogen (secondary N) is 2. The van der Waals surface area contributed by atoms with Crippen molar-refractivity contribution >= 4 is 19.5 Å². The molecule has 4 aromatic carbocycles. The lowest BCUT2D eigenvalue weighted by Crippen LogP contribution is -2.58. The normalized spacial score (nSPS) is 12.1. The summed E-state index contributed by atoms with van der Waals surface area (Å²) in [6.07, 6.45) is 0. The standard InChI is InChI=1S/C31H32N3O5P/c1-31(2,3)34(29(35)25-18-10-5-11-19-25)33-30(36)32-28(24-16-8-4-9-17-24)40(37,38-26-20-12-6-13-21-26)39-27-22-14-7-15-23-27/h4-23,28H,1-3H3,(H2,32,33,36). The number of para-hydroxylation sites is 2.